The first-order valence-corrected chi connectivity index (χ1v) is 17.2. The zero-order chi connectivity index (χ0) is 31.8. The zero-order valence-electron chi connectivity index (χ0n) is 23.9. The van der Waals surface area contributed by atoms with E-state index in [2.05, 4.69) is 0 Å². The number of hydrogen-bond donors (Lipinski definition) is 1. The molecule has 5 aromatic carbocycles. The Morgan fingerprint density at radius 2 is 1.11 bits per heavy atom. The van der Waals surface area contributed by atoms with Crippen LogP contribution in [0.1, 0.15) is 22.3 Å². The number of hydrazone groups is 1. The van der Waals surface area contributed by atoms with Gasteiger partial charge in [0.2, 0.25) is 10.0 Å². The number of primary sulfonamides is 1. The number of benzene rings is 5. The van der Waals surface area contributed by atoms with Crippen LogP contribution in [0.3, 0.4) is 0 Å². The Hall–Kier alpha value is -4.74. The summed E-state index contributed by atoms with van der Waals surface area (Å²) in [5.74, 6) is 0.268. The van der Waals surface area contributed by atoms with Crippen molar-refractivity contribution in [1.29, 1.82) is 0 Å². The molecule has 11 heteroatoms. The third-order valence-electron chi connectivity index (χ3n) is 7.20. The number of rotatable bonds is 7. The summed E-state index contributed by atoms with van der Waals surface area (Å²) in [6.45, 7) is 1.88. The van der Waals surface area contributed by atoms with Gasteiger partial charge in [-0.05, 0) is 67.6 Å². The summed E-state index contributed by atoms with van der Waals surface area (Å²) in [7, 11) is -8.22. The van der Waals surface area contributed by atoms with Gasteiger partial charge in [0.05, 0.1) is 15.5 Å². The molecule has 0 saturated heterocycles. The van der Waals surface area contributed by atoms with Gasteiger partial charge in [-0.15, -0.1) is 9.52 Å². The van der Waals surface area contributed by atoms with Crippen LogP contribution in [-0.4, -0.2) is 27.1 Å². The standard InChI is InChI=1S/C34H27ClN4O4S2/c1-24-12-20-31(21-13-24)45(42,43)39-33(26-10-6-3-7-11-26)32(25-8-4-2-5-9-25)38(29-18-22-30(23-19-29)44(36,40)41)34(37-39)27-14-16-28(35)17-15-27/h2-23H,1H3,(H2,36,40,41). The molecular weight excluding hydrogens is 628 g/mol. The van der Waals surface area contributed by atoms with Crippen molar-refractivity contribution < 1.29 is 16.8 Å². The van der Waals surface area contributed by atoms with Gasteiger partial charge in [0.25, 0.3) is 10.0 Å². The summed E-state index contributed by atoms with van der Waals surface area (Å²) in [5, 5.41) is 10.8. The maximum Gasteiger partial charge on any atom is 0.283 e. The van der Waals surface area contributed by atoms with E-state index in [4.69, 9.17) is 21.8 Å². The van der Waals surface area contributed by atoms with Crippen molar-refractivity contribution in [2.24, 2.45) is 10.2 Å². The van der Waals surface area contributed by atoms with Crippen LogP contribution in [0, 0.1) is 6.92 Å². The molecule has 5 aromatic rings. The fourth-order valence-electron chi connectivity index (χ4n) is 4.99. The molecule has 0 saturated carbocycles. The monoisotopic (exact) mass is 654 g/mol. The van der Waals surface area contributed by atoms with Crippen molar-refractivity contribution in [2.45, 2.75) is 16.7 Å². The number of nitrogens with two attached hydrogens (primary N) is 1. The third kappa shape index (κ3) is 6.01. The van der Waals surface area contributed by atoms with E-state index in [1.54, 1.807) is 60.7 Å². The Morgan fingerprint density at radius 3 is 1.64 bits per heavy atom. The highest BCUT2D eigenvalue weighted by atomic mass is 35.5. The van der Waals surface area contributed by atoms with Crippen LogP contribution in [0.15, 0.2) is 148 Å². The Bertz CT molecular complexity index is 2140. The van der Waals surface area contributed by atoms with Crippen molar-refractivity contribution in [3.05, 3.63) is 161 Å². The highest BCUT2D eigenvalue weighted by molar-refractivity contribution is 7.89. The minimum absolute atomic E-state index is 0.0645. The average molecular weight is 655 g/mol. The van der Waals surface area contributed by atoms with Crippen LogP contribution in [0.2, 0.25) is 5.02 Å². The predicted molar refractivity (Wildman–Crippen MR) is 178 cm³/mol. The van der Waals surface area contributed by atoms with Crippen LogP contribution < -0.4 is 10.0 Å². The largest absolute Gasteiger partial charge is 0.290 e. The highest BCUT2D eigenvalue weighted by Crippen LogP contribution is 2.42. The second kappa shape index (κ2) is 12.0. The Balaban J connectivity index is 1.73. The molecule has 45 heavy (non-hydrogen) atoms. The molecule has 2 N–H and O–H groups in total. The number of sulfonamides is 2. The molecule has 0 unspecified atom stereocenters. The quantitative estimate of drug-likeness (QED) is 0.210. The molecule has 0 spiro atoms. The molecule has 8 nitrogen and oxygen atoms in total. The molecular formula is C34H27ClN4O4S2. The molecule has 226 valence electrons. The van der Waals surface area contributed by atoms with Crippen LogP contribution >= 0.6 is 11.6 Å². The Morgan fingerprint density at radius 1 is 0.600 bits per heavy atom. The summed E-state index contributed by atoms with van der Waals surface area (Å²) in [4.78, 5) is 1.82. The van der Waals surface area contributed by atoms with Gasteiger partial charge < -0.3 is 0 Å². The van der Waals surface area contributed by atoms with Crippen molar-refractivity contribution in [1.82, 2.24) is 4.41 Å². The Labute approximate surface area is 267 Å². The molecule has 1 heterocycles. The molecule has 0 atom stereocenters. The number of amidine groups is 1. The lowest BCUT2D eigenvalue weighted by molar-refractivity contribution is 0.522. The number of anilines is 1. The summed E-state index contributed by atoms with van der Waals surface area (Å²) in [6, 6.07) is 38.0. The lowest BCUT2D eigenvalue weighted by Gasteiger charge is -2.38. The molecule has 0 amide bonds. The van der Waals surface area contributed by atoms with E-state index >= 15 is 0 Å². The summed E-state index contributed by atoms with van der Waals surface area (Å²) >= 11 is 6.25. The second-order valence-corrected chi connectivity index (χ2v) is 14.1. The van der Waals surface area contributed by atoms with Crippen LogP contribution in [0.4, 0.5) is 5.69 Å². The van der Waals surface area contributed by atoms with Gasteiger partial charge >= 0.3 is 0 Å². The molecule has 1 aliphatic heterocycles. The van der Waals surface area contributed by atoms with Crippen LogP contribution in [0.5, 0.6) is 0 Å². The van der Waals surface area contributed by atoms with E-state index in [-0.39, 0.29) is 15.6 Å². The number of aryl methyl sites for hydroxylation is 1. The fraction of sp³-hybridized carbons (Fsp3) is 0.0294. The highest BCUT2D eigenvalue weighted by Gasteiger charge is 2.39. The van der Waals surface area contributed by atoms with Crippen molar-refractivity contribution in [2.75, 3.05) is 4.90 Å². The first-order chi connectivity index (χ1) is 21.5. The van der Waals surface area contributed by atoms with Crippen molar-refractivity contribution in [3.8, 4) is 0 Å². The van der Waals surface area contributed by atoms with E-state index in [1.807, 2.05) is 72.5 Å². The van der Waals surface area contributed by atoms with Gasteiger partial charge in [-0.1, -0.05) is 90.0 Å². The minimum Gasteiger partial charge on any atom is -0.290 e. The van der Waals surface area contributed by atoms with E-state index in [0.717, 1.165) is 9.98 Å². The summed E-state index contributed by atoms with van der Waals surface area (Å²) in [5.41, 5.74) is 4.09. The maximum absolute atomic E-state index is 14.6. The van der Waals surface area contributed by atoms with Gasteiger partial charge in [0.1, 0.15) is 5.70 Å². The topological polar surface area (TPSA) is 113 Å². The van der Waals surface area contributed by atoms with Crippen molar-refractivity contribution in [3.63, 3.8) is 0 Å². The second-order valence-electron chi connectivity index (χ2n) is 10.3. The predicted octanol–water partition coefficient (Wildman–Crippen LogP) is 6.69. The lowest BCUT2D eigenvalue weighted by atomic mass is 10.0. The number of halogens is 1. The molecule has 0 radical (unpaired) electrons. The normalized spacial score (nSPS) is 14.0. The van der Waals surface area contributed by atoms with Gasteiger partial charge in [-0.2, -0.15) is 8.42 Å². The molecule has 0 aliphatic carbocycles. The van der Waals surface area contributed by atoms with Gasteiger partial charge in [0.15, 0.2) is 5.84 Å². The number of hydrogen-bond acceptors (Lipinski definition) is 6. The first kappa shape index (κ1) is 30.3. The first-order valence-electron chi connectivity index (χ1n) is 13.8. The number of nitrogens with zero attached hydrogens (tertiary/aromatic N) is 3. The maximum atomic E-state index is 14.6. The molecule has 0 fully saturated rings. The van der Waals surface area contributed by atoms with E-state index < -0.39 is 20.0 Å². The molecule has 0 bridgehead atoms. The lowest BCUT2D eigenvalue weighted by Crippen LogP contribution is -2.41. The third-order valence-corrected chi connectivity index (χ3v) is 9.97. The fourth-order valence-corrected chi connectivity index (χ4v) is 6.93. The molecule has 6 rings (SSSR count). The van der Waals surface area contributed by atoms with E-state index in [9.17, 15) is 16.8 Å². The smallest absolute Gasteiger partial charge is 0.283 e. The van der Waals surface area contributed by atoms with Crippen molar-refractivity contribution >= 4 is 54.6 Å². The zero-order valence-corrected chi connectivity index (χ0v) is 26.3. The average Bonchev–Trinajstić information content (AvgIpc) is 3.05. The molecule has 1 aliphatic rings. The van der Waals surface area contributed by atoms with Crippen LogP contribution in [0.25, 0.3) is 11.4 Å². The van der Waals surface area contributed by atoms with E-state index in [0.29, 0.717) is 38.8 Å². The molecule has 0 aromatic heterocycles. The Kier molecular flexibility index (Phi) is 8.07. The van der Waals surface area contributed by atoms with Gasteiger partial charge in [-0.3, -0.25) is 4.90 Å². The van der Waals surface area contributed by atoms with Crippen LogP contribution in [-0.2, 0) is 20.0 Å². The summed E-state index contributed by atoms with van der Waals surface area (Å²) < 4.78 is 54.4. The van der Waals surface area contributed by atoms with E-state index in [1.165, 1.54) is 12.1 Å². The summed E-state index contributed by atoms with van der Waals surface area (Å²) in [6.07, 6.45) is 0. The minimum atomic E-state index is -4.26. The SMILES string of the molecule is Cc1ccc(S(=O)(=O)N2N=C(c3ccc(Cl)cc3)N(c3ccc(S(N)(=O)=O)cc3)C(c3ccccc3)=C2c2ccccc2)cc1. The van der Waals surface area contributed by atoms with Gasteiger partial charge in [-0.25, -0.2) is 13.6 Å². The van der Waals surface area contributed by atoms with Gasteiger partial charge in [0, 0.05) is 27.4 Å².